The van der Waals surface area contributed by atoms with E-state index in [9.17, 15) is 0 Å². The molecule has 3 nitrogen and oxygen atoms in total. The predicted molar refractivity (Wildman–Crippen MR) is 69.7 cm³/mol. The SMILES string of the molecule is CCCc1nn(C)c(C2CCCNC2)c1Br. The van der Waals surface area contributed by atoms with E-state index >= 15 is 0 Å². The van der Waals surface area contributed by atoms with Crippen molar-refractivity contribution in [3.05, 3.63) is 15.9 Å². The molecule has 0 radical (unpaired) electrons. The van der Waals surface area contributed by atoms with Gasteiger partial charge in [0, 0.05) is 19.5 Å². The molecule has 2 rings (SSSR count). The molecule has 4 heteroatoms. The standard InChI is InChI=1S/C12H20BrN3/c1-3-5-10-11(13)12(16(2)15-10)9-6-4-7-14-8-9/h9,14H,3-8H2,1-2H3. The number of halogens is 1. The summed E-state index contributed by atoms with van der Waals surface area (Å²) in [4.78, 5) is 0. The molecule has 0 saturated carbocycles. The molecule has 1 aromatic rings. The summed E-state index contributed by atoms with van der Waals surface area (Å²) in [6, 6.07) is 0. The molecule has 1 N–H and O–H groups in total. The third-order valence-electron chi connectivity index (χ3n) is 3.27. The van der Waals surface area contributed by atoms with E-state index in [0.717, 1.165) is 25.9 Å². The van der Waals surface area contributed by atoms with Gasteiger partial charge in [0.25, 0.3) is 0 Å². The van der Waals surface area contributed by atoms with E-state index < -0.39 is 0 Å². The maximum Gasteiger partial charge on any atom is 0.0769 e. The second kappa shape index (κ2) is 5.32. The molecular weight excluding hydrogens is 266 g/mol. The van der Waals surface area contributed by atoms with Crippen LogP contribution < -0.4 is 5.32 Å². The third-order valence-corrected chi connectivity index (χ3v) is 4.13. The first-order chi connectivity index (χ1) is 7.74. The Bertz CT molecular complexity index is 353. The van der Waals surface area contributed by atoms with E-state index in [1.807, 2.05) is 0 Å². The average molecular weight is 286 g/mol. The van der Waals surface area contributed by atoms with Gasteiger partial charge < -0.3 is 5.32 Å². The van der Waals surface area contributed by atoms with Crippen LogP contribution in [0.2, 0.25) is 0 Å². The molecule has 0 aliphatic carbocycles. The van der Waals surface area contributed by atoms with Gasteiger partial charge in [-0.25, -0.2) is 0 Å². The maximum absolute atomic E-state index is 4.62. The quantitative estimate of drug-likeness (QED) is 0.925. The molecule has 1 fully saturated rings. The first-order valence-corrected chi connectivity index (χ1v) is 6.95. The lowest BCUT2D eigenvalue weighted by Gasteiger charge is -2.23. The van der Waals surface area contributed by atoms with Gasteiger partial charge in [0.05, 0.1) is 15.9 Å². The lowest BCUT2D eigenvalue weighted by molar-refractivity contribution is 0.440. The summed E-state index contributed by atoms with van der Waals surface area (Å²) < 4.78 is 3.30. The highest BCUT2D eigenvalue weighted by molar-refractivity contribution is 9.10. The molecule has 1 saturated heterocycles. The molecule has 1 unspecified atom stereocenters. The second-order valence-electron chi connectivity index (χ2n) is 4.56. The van der Waals surface area contributed by atoms with Crippen LogP contribution in [0.15, 0.2) is 4.47 Å². The van der Waals surface area contributed by atoms with Gasteiger partial charge in [-0.2, -0.15) is 5.10 Å². The van der Waals surface area contributed by atoms with Gasteiger partial charge in [-0.15, -0.1) is 0 Å². The van der Waals surface area contributed by atoms with E-state index in [1.54, 1.807) is 0 Å². The largest absolute Gasteiger partial charge is 0.316 e. The van der Waals surface area contributed by atoms with Gasteiger partial charge in [0.15, 0.2) is 0 Å². The first-order valence-electron chi connectivity index (χ1n) is 6.16. The predicted octanol–water partition coefficient (Wildman–Crippen LogP) is 2.60. The number of aromatic nitrogens is 2. The van der Waals surface area contributed by atoms with E-state index in [4.69, 9.17) is 0 Å². The summed E-state index contributed by atoms with van der Waals surface area (Å²) in [5.41, 5.74) is 2.58. The summed E-state index contributed by atoms with van der Waals surface area (Å²) in [5.74, 6) is 0.617. The molecule has 90 valence electrons. The minimum Gasteiger partial charge on any atom is -0.316 e. The zero-order valence-electron chi connectivity index (χ0n) is 10.1. The van der Waals surface area contributed by atoms with Crippen LogP contribution in [-0.4, -0.2) is 22.9 Å². The molecule has 1 aromatic heterocycles. The van der Waals surface area contributed by atoms with Crippen molar-refractivity contribution < 1.29 is 0 Å². The zero-order chi connectivity index (χ0) is 11.5. The normalized spacial score (nSPS) is 21.3. The minimum atomic E-state index is 0.617. The molecule has 0 bridgehead atoms. The van der Waals surface area contributed by atoms with Gasteiger partial charge in [-0.3, -0.25) is 4.68 Å². The number of piperidine rings is 1. The molecule has 1 aliphatic heterocycles. The number of hydrogen-bond acceptors (Lipinski definition) is 2. The Morgan fingerprint density at radius 3 is 3.00 bits per heavy atom. The van der Waals surface area contributed by atoms with Crippen molar-refractivity contribution in [2.24, 2.45) is 7.05 Å². The van der Waals surface area contributed by atoms with Gasteiger partial charge in [0.2, 0.25) is 0 Å². The Morgan fingerprint density at radius 1 is 1.56 bits per heavy atom. The van der Waals surface area contributed by atoms with Crippen molar-refractivity contribution in [2.75, 3.05) is 13.1 Å². The van der Waals surface area contributed by atoms with Gasteiger partial charge in [0.1, 0.15) is 0 Å². The summed E-state index contributed by atoms with van der Waals surface area (Å²) in [7, 11) is 2.06. The van der Waals surface area contributed by atoms with E-state index in [0.29, 0.717) is 5.92 Å². The van der Waals surface area contributed by atoms with E-state index in [-0.39, 0.29) is 0 Å². The number of nitrogens with zero attached hydrogens (tertiary/aromatic N) is 2. The second-order valence-corrected chi connectivity index (χ2v) is 5.36. The van der Waals surface area contributed by atoms with Crippen LogP contribution in [0.3, 0.4) is 0 Å². The highest BCUT2D eigenvalue weighted by Gasteiger charge is 2.23. The Balaban J connectivity index is 2.24. The van der Waals surface area contributed by atoms with Crippen LogP contribution in [0, 0.1) is 0 Å². The third kappa shape index (κ3) is 2.33. The fraction of sp³-hybridized carbons (Fsp3) is 0.750. The number of rotatable bonds is 3. The Labute approximate surface area is 106 Å². The fourth-order valence-electron chi connectivity index (χ4n) is 2.49. The molecule has 16 heavy (non-hydrogen) atoms. The summed E-state index contributed by atoms with van der Waals surface area (Å²) in [5, 5.41) is 8.08. The van der Waals surface area contributed by atoms with Crippen LogP contribution in [0.25, 0.3) is 0 Å². The maximum atomic E-state index is 4.62. The number of nitrogens with one attached hydrogen (secondary N) is 1. The highest BCUT2D eigenvalue weighted by atomic mass is 79.9. The van der Waals surface area contributed by atoms with E-state index in [1.165, 1.54) is 28.7 Å². The lowest BCUT2D eigenvalue weighted by atomic mass is 9.95. The molecule has 0 spiro atoms. The van der Waals surface area contributed by atoms with Crippen molar-refractivity contribution in [2.45, 2.75) is 38.5 Å². The van der Waals surface area contributed by atoms with Crippen molar-refractivity contribution in [1.29, 1.82) is 0 Å². The summed E-state index contributed by atoms with van der Waals surface area (Å²) in [6.45, 7) is 4.44. The van der Waals surface area contributed by atoms with Crippen molar-refractivity contribution in [3.8, 4) is 0 Å². The summed E-state index contributed by atoms with van der Waals surface area (Å²) >= 11 is 3.73. The van der Waals surface area contributed by atoms with Crippen LogP contribution >= 0.6 is 15.9 Å². The molecule has 1 atom stereocenters. The Kier molecular flexibility index (Phi) is 4.03. The van der Waals surface area contributed by atoms with E-state index in [2.05, 4.69) is 45.0 Å². The molecule has 0 aromatic carbocycles. The van der Waals surface area contributed by atoms with Crippen molar-refractivity contribution >= 4 is 15.9 Å². The van der Waals surface area contributed by atoms with Crippen LogP contribution in [0.4, 0.5) is 0 Å². The first kappa shape index (κ1) is 12.1. The average Bonchev–Trinajstić information content (AvgIpc) is 2.56. The molecule has 1 aliphatic rings. The number of aryl methyl sites for hydroxylation is 2. The zero-order valence-corrected chi connectivity index (χ0v) is 11.7. The Morgan fingerprint density at radius 2 is 2.38 bits per heavy atom. The van der Waals surface area contributed by atoms with Crippen molar-refractivity contribution in [3.63, 3.8) is 0 Å². The van der Waals surface area contributed by atoms with Crippen molar-refractivity contribution in [1.82, 2.24) is 15.1 Å². The Hall–Kier alpha value is -0.350. The van der Waals surface area contributed by atoms with Gasteiger partial charge >= 0.3 is 0 Å². The molecular formula is C12H20BrN3. The van der Waals surface area contributed by atoms with Gasteiger partial charge in [-0.1, -0.05) is 13.3 Å². The molecule has 2 heterocycles. The fourth-order valence-corrected chi connectivity index (χ4v) is 3.35. The summed E-state index contributed by atoms with van der Waals surface area (Å²) in [6.07, 6.45) is 4.76. The smallest absolute Gasteiger partial charge is 0.0769 e. The van der Waals surface area contributed by atoms with Crippen LogP contribution in [0.5, 0.6) is 0 Å². The topological polar surface area (TPSA) is 29.9 Å². The van der Waals surface area contributed by atoms with Crippen LogP contribution in [0.1, 0.15) is 43.5 Å². The minimum absolute atomic E-state index is 0.617. The monoisotopic (exact) mass is 285 g/mol. The van der Waals surface area contributed by atoms with Gasteiger partial charge in [-0.05, 0) is 41.7 Å². The molecule has 0 amide bonds. The van der Waals surface area contributed by atoms with Crippen LogP contribution in [-0.2, 0) is 13.5 Å². The lowest BCUT2D eigenvalue weighted by Crippen LogP contribution is -2.29. The highest BCUT2D eigenvalue weighted by Crippen LogP contribution is 2.32. The number of hydrogen-bond donors (Lipinski definition) is 1.